The zero-order valence-electron chi connectivity index (χ0n) is 9.38. The van der Waals surface area contributed by atoms with E-state index in [0.717, 1.165) is 10.9 Å². The monoisotopic (exact) mass is 261 g/mol. The fourth-order valence-electron chi connectivity index (χ4n) is 2.05. The summed E-state index contributed by atoms with van der Waals surface area (Å²) < 4.78 is 1.72. The van der Waals surface area contributed by atoms with E-state index in [1.807, 2.05) is 6.07 Å². The van der Waals surface area contributed by atoms with Gasteiger partial charge in [0.1, 0.15) is 11.4 Å². The lowest BCUT2D eigenvalue weighted by Crippen LogP contribution is -2.02. The average Bonchev–Trinajstić information content (AvgIpc) is 2.70. The molecule has 3 aromatic rings. The quantitative estimate of drug-likeness (QED) is 0.731. The molecule has 0 aliphatic carbocycles. The number of hydrogen-bond donors (Lipinski definition) is 1. The number of halogens is 1. The lowest BCUT2D eigenvalue weighted by molar-refractivity contribution is 0.0698. The first-order valence-corrected chi connectivity index (χ1v) is 5.63. The normalized spacial score (nSPS) is 11.2. The average molecular weight is 262 g/mol. The Morgan fingerprint density at radius 2 is 2.11 bits per heavy atom. The van der Waals surface area contributed by atoms with E-state index in [0.29, 0.717) is 16.5 Å². The summed E-state index contributed by atoms with van der Waals surface area (Å²) in [7, 11) is 0. The summed E-state index contributed by atoms with van der Waals surface area (Å²) in [5, 5.41) is 18.4. The van der Waals surface area contributed by atoms with Crippen LogP contribution in [-0.2, 0) is 0 Å². The SMILES string of the molecule is Cc1nnc2c(C(=O)O)cc3cc(Cl)ccc3n12. The molecule has 0 spiro atoms. The number of hydrogen-bond acceptors (Lipinski definition) is 3. The van der Waals surface area contributed by atoms with Crippen LogP contribution in [0.25, 0.3) is 16.6 Å². The highest BCUT2D eigenvalue weighted by atomic mass is 35.5. The first-order valence-electron chi connectivity index (χ1n) is 5.25. The highest BCUT2D eigenvalue weighted by Crippen LogP contribution is 2.24. The van der Waals surface area contributed by atoms with E-state index in [2.05, 4.69) is 10.2 Å². The minimum Gasteiger partial charge on any atom is -0.478 e. The van der Waals surface area contributed by atoms with Crippen LogP contribution in [0.3, 0.4) is 0 Å². The Bertz CT molecular complexity index is 795. The summed E-state index contributed by atoms with van der Waals surface area (Å²) in [5.41, 5.74) is 1.29. The van der Waals surface area contributed by atoms with Crippen LogP contribution in [0.4, 0.5) is 0 Å². The molecule has 0 aliphatic heterocycles. The first kappa shape index (κ1) is 11.0. The molecule has 0 radical (unpaired) electrons. The molecule has 6 heteroatoms. The highest BCUT2D eigenvalue weighted by Gasteiger charge is 2.16. The lowest BCUT2D eigenvalue weighted by atomic mass is 10.1. The van der Waals surface area contributed by atoms with Crippen molar-refractivity contribution in [2.45, 2.75) is 6.92 Å². The van der Waals surface area contributed by atoms with E-state index in [1.165, 1.54) is 0 Å². The second-order valence-electron chi connectivity index (χ2n) is 3.97. The molecular weight excluding hydrogens is 254 g/mol. The molecule has 2 heterocycles. The maximum absolute atomic E-state index is 11.2. The van der Waals surface area contributed by atoms with E-state index in [-0.39, 0.29) is 5.56 Å². The molecule has 1 aromatic carbocycles. The van der Waals surface area contributed by atoms with Gasteiger partial charge in [0.05, 0.1) is 5.52 Å². The number of carboxylic acid groups (broad SMARTS) is 1. The number of fused-ring (bicyclic) bond motifs is 3. The third kappa shape index (κ3) is 1.44. The van der Waals surface area contributed by atoms with Gasteiger partial charge in [-0.05, 0) is 31.2 Å². The maximum Gasteiger partial charge on any atom is 0.339 e. The summed E-state index contributed by atoms with van der Waals surface area (Å²) >= 11 is 5.93. The third-order valence-electron chi connectivity index (χ3n) is 2.83. The number of nitrogens with zero attached hydrogens (tertiary/aromatic N) is 3. The predicted octanol–water partition coefficient (Wildman–Crippen LogP) is 2.54. The van der Waals surface area contributed by atoms with Gasteiger partial charge in [-0.3, -0.25) is 4.40 Å². The maximum atomic E-state index is 11.2. The van der Waals surface area contributed by atoms with Gasteiger partial charge >= 0.3 is 5.97 Å². The van der Waals surface area contributed by atoms with Gasteiger partial charge in [0.2, 0.25) is 0 Å². The Morgan fingerprint density at radius 3 is 2.83 bits per heavy atom. The summed E-state index contributed by atoms with van der Waals surface area (Å²) in [6.07, 6.45) is 0. The van der Waals surface area contributed by atoms with Crippen molar-refractivity contribution >= 4 is 34.1 Å². The van der Waals surface area contributed by atoms with Gasteiger partial charge in [0.15, 0.2) is 5.65 Å². The fourth-order valence-corrected chi connectivity index (χ4v) is 2.23. The number of carboxylic acids is 1. The largest absolute Gasteiger partial charge is 0.478 e. The van der Waals surface area contributed by atoms with Crippen molar-refractivity contribution in [1.82, 2.24) is 14.6 Å². The van der Waals surface area contributed by atoms with Gasteiger partial charge in [-0.2, -0.15) is 0 Å². The molecular formula is C12H8ClN3O2. The molecule has 5 nitrogen and oxygen atoms in total. The van der Waals surface area contributed by atoms with Crippen LogP contribution in [0.1, 0.15) is 16.2 Å². The van der Waals surface area contributed by atoms with Gasteiger partial charge < -0.3 is 5.11 Å². The second-order valence-corrected chi connectivity index (χ2v) is 4.41. The summed E-state index contributed by atoms with van der Waals surface area (Å²) in [6, 6.07) is 6.87. The standard InChI is InChI=1S/C12H8ClN3O2/c1-6-14-15-11-9(12(17)18)5-7-4-8(13)2-3-10(7)16(6)11/h2-5H,1H3,(H,17,18). The van der Waals surface area contributed by atoms with Crippen molar-refractivity contribution < 1.29 is 9.90 Å². The van der Waals surface area contributed by atoms with Crippen LogP contribution < -0.4 is 0 Å². The van der Waals surface area contributed by atoms with E-state index < -0.39 is 5.97 Å². The minimum atomic E-state index is -1.03. The number of benzene rings is 1. The van der Waals surface area contributed by atoms with Gasteiger partial charge in [-0.25, -0.2) is 4.79 Å². The Balaban J connectivity index is 2.59. The first-order chi connectivity index (χ1) is 8.58. The van der Waals surface area contributed by atoms with Crippen LogP contribution >= 0.6 is 11.6 Å². The molecule has 1 N–H and O–H groups in total. The molecule has 0 saturated carbocycles. The van der Waals surface area contributed by atoms with E-state index in [1.54, 1.807) is 29.5 Å². The van der Waals surface area contributed by atoms with Crippen LogP contribution in [0.2, 0.25) is 5.02 Å². The zero-order chi connectivity index (χ0) is 12.9. The summed E-state index contributed by atoms with van der Waals surface area (Å²) in [6.45, 7) is 1.78. The van der Waals surface area contributed by atoms with Gasteiger partial charge in [0, 0.05) is 10.4 Å². The zero-order valence-corrected chi connectivity index (χ0v) is 10.1. The van der Waals surface area contributed by atoms with Crippen LogP contribution in [0, 0.1) is 6.92 Å². The Kier molecular flexibility index (Phi) is 2.24. The summed E-state index contributed by atoms with van der Waals surface area (Å²) in [4.78, 5) is 11.2. The smallest absolute Gasteiger partial charge is 0.339 e. The van der Waals surface area contributed by atoms with Crippen molar-refractivity contribution in [2.75, 3.05) is 0 Å². The Labute approximate surface area is 107 Å². The van der Waals surface area contributed by atoms with Gasteiger partial charge in [-0.15, -0.1) is 10.2 Å². The van der Waals surface area contributed by atoms with Crippen molar-refractivity contribution in [3.63, 3.8) is 0 Å². The molecule has 18 heavy (non-hydrogen) atoms. The van der Waals surface area contributed by atoms with Crippen molar-refractivity contribution in [3.05, 3.63) is 40.7 Å². The van der Waals surface area contributed by atoms with Crippen molar-refractivity contribution in [1.29, 1.82) is 0 Å². The predicted molar refractivity (Wildman–Crippen MR) is 67.2 cm³/mol. The number of aromatic carboxylic acids is 1. The second kappa shape index (κ2) is 3.68. The topological polar surface area (TPSA) is 67.5 Å². The van der Waals surface area contributed by atoms with E-state index >= 15 is 0 Å². The van der Waals surface area contributed by atoms with E-state index in [4.69, 9.17) is 11.6 Å². The highest BCUT2D eigenvalue weighted by molar-refractivity contribution is 6.31. The summed E-state index contributed by atoms with van der Waals surface area (Å²) in [5.74, 6) is -0.394. The molecule has 0 amide bonds. The fraction of sp³-hybridized carbons (Fsp3) is 0.0833. The molecule has 3 rings (SSSR count). The van der Waals surface area contributed by atoms with Crippen molar-refractivity contribution in [2.24, 2.45) is 0 Å². The van der Waals surface area contributed by atoms with Gasteiger partial charge in [-0.1, -0.05) is 11.6 Å². The molecule has 0 atom stereocenters. The molecule has 0 bridgehead atoms. The molecule has 0 fully saturated rings. The Morgan fingerprint density at radius 1 is 1.33 bits per heavy atom. The van der Waals surface area contributed by atoms with Crippen molar-refractivity contribution in [3.8, 4) is 0 Å². The Hall–Kier alpha value is -2.14. The van der Waals surface area contributed by atoms with Gasteiger partial charge in [0.25, 0.3) is 0 Å². The number of rotatable bonds is 1. The third-order valence-corrected chi connectivity index (χ3v) is 3.06. The van der Waals surface area contributed by atoms with Crippen LogP contribution in [0.5, 0.6) is 0 Å². The molecule has 90 valence electrons. The molecule has 0 aliphatic rings. The minimum absolute atomic E-state index is 0.116. The number of carbonyl (C=O) groups is 1. The number of aromatic nitrogens is 3. The molecule has 0 saturated heterocycles. The van der Waals surface area contributed by atoms with Crippen LogP contribution in [-0.4, -0.2) is 25.7 Å². The number of pyridine rings is 1. The molecule has 0 unspecified atom stereocenters. The number of aryl methyl sites for hydroxylation is 1. The lowest BCUT2D eigenvalue weighted by Gasteiger charge is -2.06. The van der Waals surface area contributed by atoms with Crippen LogP contribution in [0.15, 0.2) is 24.3 Å². The molecule has 2 aromatic heterocycles. The van der Waals surface area contributed by atoms with E-state index in [9.17, 15) is 9.90 Å².